The fourth-order valence-corrected chi connectivity index (χ4v) is 2.35. The molecule has 1 aliphatic carbocycles. The van der Waals surface area contributed by atoms with E-state index in [0.717, 1.165) is 11.3 Å². The van der Waals surface area contributed by atoms with Gasteiger partial charge in [0.25, 0.3) is 0 Å². The van der Waals surface area contributed by atoms with Gasteiger partial charge in [-0.05, 0) is 12.3 Å². The summed E-state index contributed by atoms with van der Waals surface area (Å²) in [5.74, 6) is -1.03. The number of fused-ring (bicyclic) bond motifs is 1. The summed E-state index contributed by atoms with van der Waals surface area (Å²) in [6.45, 7) is 0.337. The van der Waals surface area contributed by atoms with E-state index in [4.69, 9.17) is 10.2 Å². The molecule has 14 heavy (non-hydrogen) atoms. The first kappa shape index (κ1) is 9.05. The molecule has 0 radical (unpaired) electrons. The molecule has 1 amide bonds. The summed E-state index contributed by atoms with van der Waals surface area (Å²) in [7, 11) is 0. The molecule has 0 aromatic carbocycles. The molecule has 2 aliphatic rings. The SMILES string of the molecule is O=C(O)C1C2C=CCC2CN1C(=O)O. The van der Waals surface area contributed by atoms with Crippen LogP contribution in [0, 0.1) is 11.8 Å². The highest BCUT2D eigenvalue weighted by Gasteiger charge is 2.47. The van der Waals surface area contributed by atoms with E-state index >= 15 is 0 Å². The van der Waals surface area contributed by atoms with E-state index in [1.54, 1.807) is 0 Å². The lowest BCUT2D eigenvalue weighted by atomic mass is 9.94. The van der Waals surface area contributed by atoms with Gasteiger partial charge in [0.1, 0.15) is 6.04 Å². The van der Waals surface area contributed by atoms with Crippen LogP contribution in [-0.2, 0) is 4.79 Å². The van der Waals surface area contributed by atoms with Gasteiger partial charge >= 0.3 is 12.1 Å². The van der Waals surface area contributed by atoms with E-state index in [9.17, 15) is 9.59 Å². The predicted molar refractivity (Wildman–Crippen MR) is 46.9 cm³/mol. The van der Waals surface area contributed by atoms with Crippen LogP contribution in [0.5, 0.6) is 0 Å². The Labute approximate surface area is 80.6 Å². The van der Waals surface area contributed by atoms with Crippen molar-refractivity contribution >= 4 is 12.1 Å². The average molecular weight is 197 g/mol. The van der Waals surface area contributed by atoms with Crippen molar-refractivity contribution in [2.24, 2.45) is 11.8 Å². The molecule has 0 saturated carbocycles. The third-order valence-corrected chi connectivity index (χ3v) is 2.97. The van der Waals surface area contributed by atoms with Crippen molar-refractivity contribution in [2.45, 2.75) is 12.5 Å². The highest BCUT2D eigenvalue weighted by atomic mass is 16.4. The molecule has 2 N–H and O–H groups in total. The van der Waals surface area contributed by atoms with E-state index in [-0.39, 0.29) is 11.8 Å². The van der Waals surface area contributed by atoms with Gasteiger partial charge in [0.05, 0.1) is 0 Å². The Morgan fingerprint density at radius 2 is 2.07 bits per heavy atom. The van der Waals surface area contributed by atoms with E-state index in [1.165, 1.54) is 0 Å². The van der Waals surface area contributed by atoms with Crippen LogP contribution in [0.2, 0.25) is 0 Å². The summed E-state index contributed by atoms with van der Waals surface area (Å²) in [6.07, 6.45) is 3.41. The Morgan fingerprint density at radius 3 is 2.64 bits per heavy atom. The highest BCUT2D eigenvalue weighted by Crippen LogP contribution is 2.37. The van der Waals surface area contributed by atoms with Crippen LogP contribution < -0.4 is 0 Å². The molecule has 1 aliphatic heterocycles. The second kappa shape index (κ2) is 3.01. The van der Waals surface area contributed by atoms with Gasteiger partial charge in [0, 0.05) is 12.5 Å². The third-order valence-electron chi connectivity index (χ3n) is 2.97. The molecule has 5 nitrogen and oxygen atoms in total. The first-order valence-electron chi connectivity index (χ1n) is 4.50. The molecule has 5 heteroatoms. The molecule has 0 spiro atoms. The van der Waals surface area contributed by atoms with Crippen LogP contribution in [0.1, 0.15) is 6.42 Å². The van der Waals surface area contributed by atoms with Crippen LogP contribution in [-0.4, -0.2) is 39.8 Å². The van der Waals surface area contributed by atoms with Crippen molar-refractivity contribution in [1.29, 1.82) is 0 Å². The summed E-state index contributed by atoms with van der Waals surface area (Å²) in [5, 5.41) is 17.8. The van der Waals surface area contributed by atoms with Crippen LogP contribution in [0.25, 0.3) is 0 Å². The minimum Gasteiger partial charge on any atom is -0.480 e. The average Bonchev–Trinajstić information content (AvgIpc) is 2.58. The third kappa shape index (κ3) is 1.16. The van der Waals surface area contributed by atoms with Crippen molar-refractivity contribution < 1.29 is 19.8 Å². The largest absolute Gasteiger partial charge is 0.480 e. The summed E-state index contributed by atoms with van der Waals surface area (Å²) in [4.78, 5) is 22.7. The zero-order valence-electron chi connectivity index (χ0n) is 7.46. The van der Waals surface area contributed by atoms with Gasteiger partial charge in [-0.15, -0.1) is 0 Å². The number of rotatable bonds is 1. The Balaban J connectivity index is 2.26. The van der Waals surface area contributed by atoms with Gasteiger partial charge in [0.15, 0.2) is 0 Å². The number of likely N-dealkylation sites (tertiary alicyclic amines) is 1. The molecule has 3 unspecified atom stereocenters. The Bertz CT molecular complexity index is 312. The normalized spacial score (nSPS) is 34.6. The number of allylic oxidation sites excluding steroid dienone is 1. The van der Waals surface area contributed by atoms with Crippen molar-refractivity contribution in [1.82, 2.24) is 4.90 Å². The first-order chi connectivity index (χ1) is 6.61. The van der Waals surface area contributed by atoms with E-state index in [2.05, 4.69) is 0 Å². The maximum atomic E-state index is 10.9. The lowest BCUT2D eigenvalue weighted by molar-refractivity contribution is -0.142. The van der Waals surface area contributed by atoms with Crippen molar-refractivity contribution in [3.8, 4) is 0 Å². The van der Waals surface area contributed by atoms with E-state index in [1.807, 2.05) is 12.2 Å². The van der Waals surface area contributed by atoms with Crippen LogP contribution in [0.15, 0.2) is 12.2 Å². The summed E-state index contributed by atoms with van der Waals surface area (Å²) in [6, 6.07) is -0.892. The van der Waals surface area contributed by atoms with Gasteiger partial charge in [-0.3, -0.25) is 4.90 Å². The van der Waals surface area contributed by atoms with Crippen molar-refractivity contribution in [2.75, 3.05) is 6.54 Å². The van der Waals surface area contributed by atoms with E-state index < -0.39 is 18.1 Å². The number of hydrogen-bond acceptors (Lipinski definition) is 2. The number of amides is 1. The smallest absolute Gasteiger partial charge is 0.408 e. The standard InChI is InChI=1S/C9H11NO4/c11-8(12)7-6-3-1-2-5(6)4-10(7)9(13)14/h1,3,5-7H,2,4H2,(H,11,12)(H,13,14). The molecule has 0 aromatic heterocycles. The Hall–Kier alpha value is -1.52. The van der Waals surface area contributed by atoms with Crippen LogP contribution >= 0.6 is 0 Å². The number of carboxylic acids is 1. The Kier molecular flexibility index (Phi) is 1.94. The molecule has 2 rings (SSSR count). The maximum absolute atomic E-state index is 10.9. The Morgan fingerprint density at radius 1 is 1.36 bits per heavy atom. The minimum absolute atomic E-state index is 0.136. The molecule has 0 aromatic rings. The summed E-state index contributed by atoms with van der Waals surface area (Å²) < 4.78 is 0. The van der Waals surface area contributed by atoms with Gasteiger partial charge in [-0.1, -0.05) is 12.2 Å². The lowest BCUT2D eigenvalue weighted by Gasteiger charge is -2.19. The zero-order valence-corrected chi connectivity index (χ0v) is 7.46. The van der Waals surface area contributed by atoms with Gasteiger partial charge < -0.3 is 10.2 Å². The van der Waals surface area contributed by atoms with Crippen molar-refractivity contribution in [3.05, 3.63) is 12.2 Å². The number of carbonyl (C=O) groups is 2. The quantitative estimate of drug-likeness (QED) is 0.604. The van der Waals surface area contributed by atoms with E-state index in [0.29, 0.717) is 6.54 Å². The molecular weight excluding hydrogens is 186 g/mol. The first-order valence-corrected chi connectivity index (χ1v) is 4.50. The van der Waals surface area contributed by atoms with Crippen LogP contribution in [0.4, 0.5) is 4.79 Å². The summed E-state index contributed by atoms with van der Waals surface area (Å²) >= 11 is 0. The maximum Gasteiger partial charge on any atom is 0.408 e. The molecular formula is C9H11NO4. The number of carboxylic acid groups (broad SMARTS) is 2. The number of aliphatic carboxylic acids is 1. The molecule has 1 heterocycles. The van der Waals surface area contributed by atoms with Crippen molar-refractivity contribution in [3.63, 3.8) is 0 Å². The fourth-order valence-electron chi connectivity index (χ4n) is 2.35. The zero-order chi connectivity index (χ0) is 10.3. The van der Waals surface area contributed by atoms with Gasteiger partial charge in [-0.2, -0.15) is 0 Å². The summed E-state index contributed by atoms with van der Waals surface area (Å²) in [5.41, 5.74) is 0. The van der Waals surface area contributed by atoms with Crippen LogP contribution in [0.3, 0.4) is 0 Å². The second-order valence-electron chi connectivity index (χ2n) is 3.72. The highest BCUT2D eigenvalue weighted by molar-refractivity contribution is 5.81. The molecule has 76 valence electrons. The number of hydrogen-bond donors (Lipinski definition) is 2. The topological polar surface area (TPSA) is 77.8 Å². The molecule has 3 atom stereocenters. The molecule has 0 bridgehead atoms. The monoisotopic (exact) mass is 197 g/mol. The lowest BCUT2D eigenvalue weighted by Crippen LogP contribution is -2.42. The molecule has 1 fully saturated rings. The number of nitrogens with zero attached hydrogens (tertiary/aromatic N) is 1. The minimum atomic E-state index is -1.14. The van der Waals surface area contributed by atoms with Gasteiger partial charge in [0.2, 0.25) is 0 Å². The van der Waals surface area contributed by atoms with Gasteiger partial charge in [-0.25, -0.2) is 9.59 Å². The molecule has 1 saturated heterocycles. The fraction of sp³-hybridized carbons (Fsp3) is 0.556. The predicted octanol–water partition coefficient (Wildman–Crippen LogP) is 0.625. The second-order valence-corrected chi connectivity index (χ2v) is 3.72.